The molecule has 2 rings (SSSR count). The van der Waals surface area contributed by atoms with Gasteiger partial charge in [0.2, 0.25) is 0 Å². The molecule has 2 atom stereocenters. The van der Waals surface area contributed by atoms with Gasteiger partial charge in [0, 0.05) is 0 Å². The van der Waals surface area contributed by atoms with Gasteiger partial charge in [-0.05, 0) is 35.8 Å². The zero-order valence-corrected chi connectivity index (χ0v) is 9.29. The third-order valence-corrected chi connectivity index (χ3v) is 3.66. The molecule has 0 heteroatoms. The lowest BCUT2D eigenvalue weighted by molar-refractivity contribution is 0.431. The lowest BCUT2D eigenvalue weighted by Gasteiger charge is -2.14. The molecule has 1 aliphatic rings. The highest BCUT2D eigenvalue weighted by Gasteiger charge is 2.27. The van der Waals surface area contributed by atoms with Crippen molar-refractivity contribution in [3.05, 3.63) is 35.4 Å². The van der Waals surface area contributed by atoms with E-state index in [0.29, 0.717) is 0 Å². The highest BCUT2D eigenvalue weighted by atomic mass is 14.3. The predicted octanol–water partition coefficient (Wildman–Crippen LogP) is 4.15. The fourth-order valence-electron chi connectivity index (χ4n) is 2.70. The van der Waals surface area contributed by atoms with Crippen molar-refractivity contribution >= 4 is 0 Å². The Morgan fingerprint density at radius 3 is 2.79 bits per heavy atom. The predicted molar refractivity (Wildman–Crippen MR) is 61.6 cm³/mol. The third-order valence-electron chi connectivity index (χ3n) is 3.66. The van der Waals surface area contributed by atoms with Crippen LogP contribution in [0.4, 0.5) is 0 Å². The van der Waals surface area contributed by atoms with Crippen LogP contribution < -0.4 is 0 Å². The van der Waals surface area contributed by atoms with Crippen LogP contribution >= 0.6 is 0 Å². The van der Waals surface area contributed by atoms with Crippen LogP contribution in [0.3, 0.4) is 0 Å². The Bertz CT molecular complexity index is 301. The molecule has 0 amide bonds. The summed E-state index contributed by atoms with van der Waals surface area (Å²) in [4.78, 5) is 0. The molecule has 0 fully saturated rings. The number of hydrogen-bond acceptors (Lipinski definition) is 0. The number of unbranched alkanes of at least 4 members (excludes halogenated alkanes) is 1. The van der Waals surface area contributed by atoms with Crippen LogP contribution in [-0.2, 0) is 6.42 Å². The first-order valence-corrected chi connectivity index (χ1v) is 5.90. The minimum absolute atomic E-state index is 0.790. The molecule has 0 aromatic heterocycles. The molecule has 1 aliphatic carbocycles. The maximum atomic E-state index is 2.40. The van der Waals surface area contributed by atoms with Gasteiger partial charge in [-0.3, -0.25) is 0 Å². The molecule has 0 radical (unpaired) electrons. The summed E-state index contributed by atoms with van der Waals surface area (Å²) >= 11 is 0. The van der Waals surface area contributed by atoms with Crippen molar-refractivity contribution in [1.82, 2.24) is 0 Å². The summed E-state index contributed by atoms with van der Waals surface area (Å²) in [5.41, 5.74) is 3.20. The minimum Gasteiger partial charge on any atom is -0.0654 e. The number of rotatable bonds is 3. The standard InChI is InChI=1S/C14H20/c1-3-4-7-12-10-13-8-5-6-9-14(13)11(12)2/h5-6,8-9,11-12H,3-4,7,10H2,1-2H3/t11-,12+/m1/s1. The molecule has 0 N–H and O–H groups in total. The van der Waals surface area contributed by atoms with Crippen LogP contribution in [0.15, 0.2) is 24.3 Å². The molecule has 0 bridgehead atoms. The van der Waals surface area contributed by atoms with E-state index in [4.69, 9.17) is 0 Å². The van der Waals surface area contributed by atoms with E-state index in [1.54, 1.807) is 11.1 Å². The second-order valence-electron chi connectivity index (χ2n) is 4.59. The van der Waals surface area contributed by atoms with Crippen LogP contribution in [0.5, 0.6) is 0 Å². The van der Waals surface area contributed by atoms with Crippen molar-refractivity contribution in [3.8, 4) is 0 Å². The third kappa shape index (κ3) is 1.70. The van der Waals surface area contributed by atoms with Crippen LogP contribution in [0.25, 0.3) is 0 Å². The fourth-order valence-corrected chi connectivity index (χ4v) is 2.70. The normalized spacial score (nSPS) is 25.0. The van der Waals surface area contributed by atoms with Gasteiger partial charge in [-0.2, -0.15) is 0 Å². The van der Waals surface area contributed by atoms with E-state index in [-0.39, 0.29) is 0 Å². The summed E-state index contributed by atoms with van der Waals surface area (Å²) in [6.07, 6.45) is 5.45. The quantitative estimate of drug-likeness (QED) is 0.668. The molecule has 1 aromatic rings. The number of benzene rings is 1. The highest BCUT2D eigenvalue weighted by molar-refractivity contribution is 5.35. The van der Waals surface area contributed by atoms with Gasteiger partial charge >= 0.3 is 0 Å². The van der Waals surface area contributed by atoms with Crippen LogP contribution in [0.2, 0.25) is 0 Å². The summed E-state index contributed by atoms with van der Waals surface area (Å²) < 4.78 is 0. The van der Waals surface area contributed by atoms with Gasteiger partial charge in [-0.1, -0.05) is 51.0 Å². The summed E-state index contributed by atoms with van der Waals surface area (Å²) in [5.74, 6) is 1.70. The molecule has 1 aromatic carbocycles. The van der Waals surface area contributed by atoms with E-state index >= 15 is 0 Å². The van der Waals surface area contributed by atoms with Gasteiger partial charge in [-0.15, -0.1) is 0 Å². The van der Waals surface area contributed by atoms with Crippen LogP contribution in [0.1, 0.15) is 50.2 Å². The summed E-state index contributed by atoms with van der Waals surface area (Å²) in [6, 6.07) is 8.97. The average Bonchev–Trinajstić information content (AvgIpc) is 2.54. The van der Waals surface area contributed by atoms with E-state index in [1.165, 1.54) is 25.7 Å². The SMILES string of the molecule is CCCC[C@H]1Cc2ccccc2[C@@H]1C. The Balaban J connectivity index is 2.09. The molecular formula is C14H20. The van der Waals surface area contributed by atoms with Gasteiger partial charge in [0.1, 0.15) is 0 Å². The van der Waals surface area contributed by atoms with Crippen molar-refractivity contribution in [2.24, 2.45) is 5.92 Å². The molecule has 0 heterocycles. The molecule has 0 nitrogen and oxygen atoms in total. The summed E-state index contributed by atoms with van der Waals surface area (Å²) in [6.45, 7) is 4.68. The van der Waals surface area contributed by atoms with Crippen molar-refractivity contribution in [1.29, 1.82) is 0 Å². The summed E-state index contributed by atoms with van der Waals surface area (Å²) in [5, 5.41) is 0. The Morgan fingerprint density at radius 2 is 2.07 bits per heavy atom. The molecular weight excluding hydrogens is 168 g/mol. The second kappa shape index (κ2) is 4.16. The highest BCUT2D eigenvalue weighted by Crippen LogP contribution is 2.39. The summed E-state index contributed by atoms with van der Waals surface area (Å²) in [7, 11) is 0. The largest absolute Gasteiger partial charge is 0.0654 e. The topological polar surface area (TPSA) is 0 Å². The van der Waals surface area contributed by atoms with Crippen LogP contribution in [-0.4, -0.2) is 0 Å². The second-order valence-corrected chi connectivity index (χ2v) is 4.59. The Kier molecular flexibility index (Phi) is 2.90. The van der Waals surface area contributed by atoms with Gasteiger partial charge in [0.15, 0.2) is 0 Å². The van der Waals surface area contributed by atoms with Gasteiger partial charge < -0.3 is 0 Å². The molecule has 0 unspecified atom stereocenters. The first-order valence-electron chi connectivity index (χ1n) is 5.90. The Morgan fingerprint density at radius 1 is 1.29 bits per heavy atom. The van der Waals surface area contributed by atoms with Crippen molar-refractivity contribution in [2.75, 3.05) is 0 Å². The monoisotopic (exact) mass is 188 g/mol. The fraction of sp³-hybridized carbons (Fsp3) is 0.571. The van der Waals surface area contributed by atoms with Crippen molar-refractivity contribution in [2.45, 2.75) is 45.4 Å². The Labute approximate surface area is 87.3 Å². The number of fused-ring (bicyclic) bond motifs is 1. The van der Waals surface area contributed by atoms with E-state index in [0.717, 1.165) is 11.8 Å². The molecule has 14 heavy (non-hydrogen) atoms. The van der Waals surface area contributed by atoms with Crippen molar-refractivity contribution < 1.29 is 0 Å². The lowest BCUT2D eigenvalue weighted by Crippen LogP contribution is -2.03. The van der Waals surface area contributed by atoms with E-state index < -0.39 is 0 Å². The zero-order valence-electron chi connectivity index (χ0n) is 9.29. The first-order chi connectivity index (χ1) is 6.83. The van der Waals surface area contributed by atoms with E-state index in [9.17, 15) is 0 Å². The smallest absolute Gasteiger partial charge is 0.0156 e. The average molecular weight is 188 g/mol. The maximum Gasteiger partial charge on any atom is -0.0156 e. The maximum absolute atomic E-state index is 2.40. The Hall–Kier alpha value is -0.780. The van der Waals surface area contributed by atoms with Crippen LogP contribution in [0, 0.1) is 5.92 Å². The number of hydrogen-bond donors (Lipinski definition) is 0. The van der Waals surface area contributed by atoms with Gasteiger partial charge in [-0.25, -0.2) is 0 Å². The van der Waals surface area contributed by atoms with Gasteiger partial charge in [0.05, 0.1) is 0 Å². The lowest BCUT2D eigenvalue weighted by atomic mass is 9.90. The minimum atomic E-state index is 0.790. The molecule has 76 valence electrons. The van der Waals surface area contributed by atoms with Gasteiger partial charge in [0.25, 0.3) is 0 Å². The van der Waals surface area contributed by atoms with Crippen molar-refractivity contribution in [3.63, 3.8) is 0 Å². The first kappa shape index (κ1) is 9.76. The molecule has 0 aliphatic heterocycles. The zero-order chi connectivity index (χ0) is 9.97. The van der Waals surface area contributed by atoms with E-state index in [2.05, 4.69) is 38.1 Å². The molecule has 0 saturated carbocycles. The van der Waals surface area contributed by atoms with E-state index in [1.807, 2.05) is 0 Å². The molecule has 0 saturated heterocycles. The molecule has 0 spiro atoms.